The predicted octanol–water partition coefficient (Wildman–Crippen LogP) is 6.23. The largest absolute Gasteiger partial charge is 0.493 e. The first-order valence-electron chi connectivity index (χ1n) is 10.7. The summed E-state index contributed by atoms with van der Waals surface area (Å²) in [4.78, 5) is 13.1. The molecular formula is C26H24ClFN2O3S. The van der Waals surface area contributed by atoms with E-state index in [4.69, 9.17) is 21.1 Å². The Morgan fingerprint density at radius 1 is 1.18 bits per heavy atom. The summed E-state index contributed by atoms with van der Waals surface area (Å²) in [7, 11) is 1.50. The van der Waals surface area contributed by atoms with Crippen molar-refractivity contribution in [1.29, 1.82) is 0 Å². The molecule has 34 heavy (non-hydrogen) atoms. The maximum absolute atomic E-state index is 13.9. The highest BCUT2D eigenvalue weighted by Gasteiger charge is 2.27. The normalized spacial score (nSPS) is 16.4. The van der Waals surface area contributed by atoms with E-state index in [2.05, 4.69) is 29.7 Å². The van der Waals surface area contributed by atoms with Crippen LogP contribution in [0.15, 0.2) is 65.6 Å². The molecule has 2 N–H and O–H groups in total. The number of carbonyl (C=O) groups is 1. The van der Waals surface area contributed by atoms with Crippen molar-refractivity contribution in [2.45, 2.75) is 25.4 Å². The molecule has 0 bridgehead atoms. The summed E-state index contributed by atoms with van der Waals surface area (Å²) in [6.07, 6.45) is 2.72. The van der Waals surface area contributed by atoms with Crippen LogP contribution in [0, 0.1) is 5.82 Å². The molecule has 1 amide bonds. The number of thioether (sulfide) groups is 1. The zero-order valence-electron chi connectivity index (χ0n) is 18.7. The van der Waals surface area contributed by atoms with Gasteiger partial charge in [-0.05, 0) is 54.0 Å². The van der Waals surface area contributed by atoms with E-state index in [1.54, 1.807) is 36.4 Å². The first-order valence-corrected chi connectivity index (χ1v) is 12.0. The van der Waals surface area contributed by atoms with Crippen LogP contribution in [0.5, 0.6) is 11.5 Å². The van der Waals surface area contributed by atoms with Crippen LogP contribution >= 0.6 is 23.4 Å². The fraction of sp³-hybridized carbons (Fsp3) is 0.192. The van der Waals surface area contributed by atoms with E-state index in [1.807, 2.05) is 12.1 Å². The summed E-state index contributed by atoms with van der Waals surface area (Å²) in [5, 5.41) is 6.53. The van der Waals surface area contributed by atoms with Crippen molar-refractivity contribution in [3.63, 3.8) is 0 Å². The minimum Gasteiger partial charge on any atom is -0.493 e. The maximum atomic E-state index is 13.9. The Morgan fingerprint density at radius 3 is 2.65 bits per heavy atom. The topological polar surface area (TPSA) is 59.6 Å². The number of carbonyl (C=O) groups excluding carboxylic acids is 1. The number of rotatable bonds is 8. The average molecular weight is 499 g/mol. The highest BCUT2D eigenvalue weighted by Crippen LogP contribution is 2.39. The van der Waals surface area contributed by atoms with Crippen LogP contribution in [-0.2, 0) is 17.8 Å². The molecule has 1 aliphatic rings. The van der Waals surface area contributed by atoms with E-state index in [-0.39, 0.29) is 23.8 Å². The lowest BCUT2D eigenvalue weighted by atomic mass is 10.1. The molecule has 0 aromatic heterocycles. The van der Waals surface area contributed by atoms with Crippen molar-refractivity contribution >= 4 is 41.0 Å². The number of hydrogen-bond donors (Lipinski definition) is 2. The van der Waals surface area contributed by atoms with Gasteiger partial charge in [-0.1, -0.05) is 60.6 Å². The van der Waals surface area contributed by atoms with Gasteiger partial charge in [0.25, 0.3) is 5.91 Å². The van der Waals surface area contributed by atoms with Crippen molar-refractivity contribution in [2.24, 2.45) is 0 Å². The summed E-state index contributed by atoms with van der Waals surface area (Å²) in [6, 6.07) is 17.9. The lowest BCUT2D eigenvalue weighted by molar-refractivity contribution is -0.116. The first-order chi connectivity index (χ1) is 16.5. The molecule has 0 unspecified atom stereocenters. The molecule has 0 spiro atoms. The lowest BCUT2D eigenvalue weighted by Crippen LogP contribution is -2.30. The Bertz CT molecular complexity index is 1220. The van der Waals surface area contributed by atoms with Gasteiger partial charge in [0.2, 0.25) is 0 Å². The van der Waals surface area contributed by atoms with Gasteiger partial charge in [0, 0.05) is 11.3 Å². The van der Waals surface area contributed by atoms with Gasteiger partial charge in [-0.25, -0.2) is 4.39 Å². The zero-order chi connectivity index (χ0) is 24.1. The molecule has 1 aliphatic heterocycles. The SMILES string of the molecule is CCc1ccc(N[C@H]2NC(=O)/C(=C/c3cc(Cl)c(OCc4ccccc4F)c(OC)c3)S2)cc1. The standard InChI is InChI=1S/C26H24ClFN2O3S/c1-3-16-8-10-19(11-9-16)29-26-30-25(31)23(34-26)14-17-12-20(27)24(22(13-17)32-2)33-15-18-6-4-5-7-21(18)28/h4-14,26,29H,3,15H2,1-2H3,(H,30,31)/b23-14-/t26-/m0/s1. The molecule has 1 fully saturated rings. The van der Waals surface area contributed by atoms with Gasteiger partial charge in [0.1, 0.15) is 12.4 Å². The molecule has 176 valence electrons. The number of ether oxygens (including phenoxy) is 2. The van der Waals surface area contributed by atoms with Crippen molar-refractivity contribution in [3.05, 3.63) is 93.1 Å². The molecular weight excluding hydrogens is 475 g/mol. The Morgan fingerprint density at radius 2 is 1.94 bits per heavy atom. The monoisotopic (exact) mass is 498 g/mol. The van der Waals surface area contributed by atoms with E-state index >= 15 is 0 Å². The van der Waals surface area contributed by atoms with Crippen LogP contribution in [0.3, 0.4) is 0 Å². The number of anilines is 1. The number of methoxy groups -OCH3 is 1. The van der Waals surface area contributed by atoms with Crippen molar-refractivity contribution in [2.75, 3.05) is 12.4 Å². The van der Waals surface area contributed by atoms with Gasteiger partial charge in [-0.15, -0.1) is 0 Å². The second kappa shape index (κ2) is 10.8. The molecule has 8 heteroatoms. The quantitative estimate of drug-likeness (QED) is 0.360. The molecule has 0 aliphatic carbocycles. The highest BCUT2D eigenvalue weighted by molar-refractivity contribution is 8.05. The molecule has 1 heterocycles. The van der Waals surface area contributed by atoms with Crippen LogP contribution in [0.25, 0.3) is 6.08 Å². The Hall–Kier alpha value is -3.16. The number of nitrogens with one attached hydrogen (secondary N) is 2. The zero-order valence-corrected chi connectivity index (χ0v) is 20.3. The van der Waals surface area contributed by atoms with Crippen LogP contribution in [0.1, 0.15) is 23.6 Å². The molecule has 1 atom stereocenters. The third-order valence-electron chi connectivity index (χ3n) is 5.27. The molecule has 0 saturated carbocycles. The highest BCUT2D eigenvalue weighted by atomic mass is 35.5. The summed E-state index contributed by atoms with van der Waals surface area (Å²) in [6.45, 7) is 2.11. The summed E-state index contributed by atoms with van der Waals surface area (Å²) >= 11 is 7.84. The van der Waals surface area contributed by atoms with E-state index in [0.29, 0.717) is 32.6 Å². The van der Waals surface area contributed by atoms with Gasteiger partial charge in [0.15, 0.2) is 17.0 Å². The minimum atomic E-state index is -0.354. The molecule has 3 aromatic carbocycles. The summed E-state index contributed by atoms with van der Waals surface area (Å²) in [5.41, 5.74) is 2.99. The second-order valence-corrected chi connectivity index (χ2v) is 9.14. The van der Waals surface area contributed by atoms with Gasteiger partial charge in [0.05, 0.1) is 17.0 Å². The smallest absolute Gasteiger partial charge is 0.260 e. The number of halogens is 2. The van der Waals surface area contributed by atoms with Crippen LogP contribution in [0.4, 0.5) is 10.1 Å². The number of aryl methyl sites for hydroxylation is 1. The fourth-order valence-electron chi connectivity index (χ4n) is 3.43. The van der Waals surface area contributed by atoms with E-state index in [1.165, 1.54) is 30.5 Å². The molecule has 4 rings (SSSR count). The van der Waals surface area contributed by atoms with Crippen LogP contribution in [0.2, 0.25) is 5.02 Å². The van der Waals surface area contributed by atoms with Gasteiger partial charge in [-0.2, -0.15) is 0 Å². The van der Waals surface area contributed by atoms with Crippen molar-refractivity contribution in [1.82, 2.24) is 5.32 Å². The van der Waals surface area contributed by atoms with E-state index in [9.17, 15) is 9.18 Å². The van der Waals surface area contributed by atoms with Crippen molar-refractivity contribution in [3.8, 4) is 11.5 Å². The van der Waals surface area contributed by atoms with Crippen molar-refractivity contribution < 1.29 is 18.7 Å². The minimum absolute atomic E-state index is 0.00797. The Labute approximate surface area is 207 Å². The van der Waals surface area contributed by atoms with Gasteiger partial charge >= 0.3 is 0 Å². The number of benzene rings is 3. The van der Waals surface area contributed by atoms with E-state index in [0.717, 1.165) is 12.1 Å². The molecule has 1 saturated heterocycles. The second-order valence-electron chi connectivity index (χ2n) is 7.59. The van der Waals surface area contributed by atoms with Gasteiger partial charge in [-0.3, -0.25) is 4.79 Å². The number of hydrogen-bond acceptors (Lipinski definition) is 5. The summed E-state index contributed by atoms with van der Waals surface area (Å²) in [5.74, 6) is 0.174. The van der Waals surface area contributed by atoms with Crippen LogP contribution in [-0.4, -0.2) is 18.5 Å². The summed E-state index contributed by atoms with van der Waals surface area (Å²) < 4.78 is 25.1. The molecule has 0 radical (unpaired) electrons. The average Bonchev–Trinajstić information content (AvgIpc) is 3.17. The van der Waals surface area contributed by atoms with Crippen LogP contribution < -0.4 is 20.1 Å². The predicted molar refractivity (Wildman–Crippen MR) is 136 cm³/mol. The van der Waals surface area contributed by atoms with E-state index < -0.39 is 0 Å². The lowest BCUT2D eigenvalue weighted by Gasteiger charge is -2.14. The third kappa shape index (κ3) is 5.66. The fourth-order valence-corrected chi connectivity index (χ4v) is 4.69. The molecule has 5 nitrogen and oxygen atoms in total. The van der Waals surface area contributed by atoms with Gasteiger partial charge < -0.3 is 20.1 Å². The number of amides is 1. The Kier molecular flexibility index (Phi) is 7.65. The molecule has 3 aromatic rings. The first kappa shape index (κ1) is 24.0. The maximum Gasteiger partial charge on any atom is 0.260 e. The third-order valence-corrected chi connectivity index (χ3v) is 6.58. The Balaban J connectivity index is 1.48.